The van der Waals surface area contributed by atoms with Gasteiger partial charge in [-0.3, -0.25) is 4.79 Å². The number of ether oxygens (including phenoxy) is 1. The Morgan fingerprint density at radius 1 is 1.41 bits per heavy atom. The molecule has 1 heterocycles. The number of nitrogens with zero attached hydrogens (tertiary/aromatic N) is 1. The van der Waals surface area contributed by atoms with Gasteiger partial charge in [0.25, 0.3) is 0 Å². The number of carbonyl (C=O) groups excluding carboxylic acids is 1. The van der Waals surface area contributed by atoms with Crippen LogP contribution in [-0.4, -0.2) is 30.0 Å². The second-order valence-corrected chi connectivity index (χ2v) is 4.42. The molecule has 1 aromatic rings. The van der Waals surface area contributed by atoms with Crippen LogP contribution in [0.15, 0.2) is 24.3 Å². The van der Waals surface area contributed by atoms with Gasteiger partial charge < -0.3 is 15.4 Å². The van der Waals surface area contributed by atoms with E-state index in [2.05, 4.69) is 0 Å². The first kappa shape index (κ1) is 11.8. The number of hydrogen-bond acceptors (Lipinski definition) is 3. The first-order valence-corrected chi connectivity index (χ1v) is 5.93. The minimum atomic E-state index is 0.0938. The molecule has 17 heavy (non-hydrogen) atoms. The molecule has 1 aliphatic rings. The molecule has 0 aromatic heterocycles. The van der Waals surface area contributed by atoms with Gasteiger partial charge in [0.15, 0.2) is 0 Å². The normalized spacial score (nSPS) is 20.1. The molecule has 1 aromatic carbocycles. The van der Waals surface area contributed by atoms with Gasteiger partial charge in [-0.15, -0.1) is 0 Å². The van der Waals surface area contributed by atoms with E-state index in [-0.39, 0.29) is 12.0 Å². The maximum atomic E-state index is 11.3. The fourth-order valence-corrected chi connectivity index (χ4v) is 2.06. The van der Waals surface area contributed by atoms with Gasteiger partial charge in [0.1, 0.15) is 11.9 Å². The summed E-state index contributed by atoms with van der Waals surface area (Å²) in [6.07, 6.45) is 2.09. The summed E-state index contributed by atoms with van der Waals surface area (Å²) in [5, 5.41) is 0. The fourth-order valence-electron chi connectivity index (χ4n) is 2.06. The fraction of sp³-hybridized carbons (Fsp3) is 0.462. The van der Waals surface area contributed by atoms with Crippen LogP contribution in [-0.2, 0) is 4.79 Å². The van der Waals surface area contributed by atoms with Crippen molar-refractivity contribution in [2.75, 3.05) is 18.8 Å². The lowest BCUT2D eigenvalue weighted by Gasteiger charge is -2.32. The number of carbonyl (C=O) groups is 1. The summed E-state index contributed by atoms with van der Waals surface area (Å²) in [5.74, 6) is 0.935. The zero-order valence-electron chi connectivity index (χ0n) is 10.1. The number of anilines is 1. The van der Waals surface area contributed by atoms with Crippen LogP contribution in [0.2, 0.25) is 0 Å². The second-order valence-electron chi connectivity index (χ2n) is 4.42. The Morgan fingerprint density at radius 3 is 2.76 bits per heavy atom. The van der Waals surface area contributed by atoms with Crippen LogP contribution in [0.3, 0.4) is 0 Å². The van der Waals surface area contributed by atoms with Crippen molar-refractivity contribution in [1.82, 2.24) is 4.90 Å². The standard InChI is InChI=1S/C13H18N2O2/c1-10(16)15-8-2-3-13(9-15)17-12-6-4-11(14)5-7-12/h4-7,13H,2-3,8-9,14H2,1H3. The average molecular weight is 234 g/mol. The maximum Gasteiger partial charge on any atom is 0.219 e. The molecule has 0 bridgehead atoms. The molecule has 2 rings (SSSR count). The third-order valence-corrected chi connectivity index (χ3v) is 3.01. The molecule has 1 unspecified atom stereocenters. The van der Waals surface area contributed by atoms with Gasteiger partial charge in [0.2, 0.25) is 5.91 Å². The number of likely N-dealkylation sites (tertiary alicyclic amines) is 1. The summed E-state index contributed by atoms with van der Waals surface area (Å²) < 4.78 is 5.84. The van der Waals surface area contributed by atoms with Crippen LogP contribution < -0.4 is 10.5 Å². The SMILES string of the molecule is CC(=O)N1CCCC(Oc2ccc(N)cc2)C1. The molecule has 0 saturated carbocycles. The first-order valence-electron chi connectivity index (χ1n) is 5.93. The van der Waals surface area contributed by atoms with Crippen LogP contribution in [0.25, 0.3) is 0 Å². The van der Waals surface area contributed by atoms with Gasteiger partial charge >= 0.3 is 0 Å². The van der Waals surface area contributed by atoms with Gasteiger partial charge in [-0.25, -0.2) is 0 Å². The first-order chi connectivity index (χ1) is 8.15. The van der Waals surface area contributed by atoms with Crippen molar-refractivity contribution in [3.63, 3.8) is 0 Å². The predicted octanol–water partition coefficient (Wildman–Crippen LogP) is 1.66. The number of amides is 1. The summed E-state index contributed by atoms with van der Waals surface area (Å²) in [6, 6.07) is 7.37. The predicted molar refractivity (Wildman–Crippen MR) is 66.8 cm³/mol. The molecule has 92 valence electrons. The lowest BCUT2D eigenvalue weighted by Crippen LogP contribution is -2.43. The molecular weight excluding hydrogens is 216 g/mol. The van der Waals surface area contributed by atoms with Crippen LogP contribution in [0, 0.1) is 0 Å². The molecule has 0 radical (unpaired) electrons. The molecule has 2 N–H and O–H groups in total. The molecule has 1 atom stereocenters. The van der Waals surface area contributed by atoms with Gasteiger partial charge in [-0.1, -0.05) is 0 Å². The average Bonchev–Trinajstić information content (AvgIpc) is 2.32. The number of benzene rings is 1. The zero-order chi connectivity index (χ0) is 12.3. The van der Waals surface area contributed by atoms with Crippen molar-refractivity contribution >= 4 is 11.6 Å². The van der Waals surface area contributed by atoms with E-state index in [1.165, 1.54) is 0 Å². The summed E-state index contributed by atoms with van der Waals surface area (Å²) >= 11 is 0. The quantitative estimate of drug-likeness (QED) is 0.792. The Kier molecular flexibility index (Phi) is 3.52. The summed E-state index contributed by atoms with van der Waals surface area (Å²) in [4.78, 5) is 13.1. The molecule has 0 aliphatic carbocycles. The highest BCUT2D eigenvalue weighted by Gasteiger charge is 2.22. The minimum absolute atomic E-state index is 0.0938. The lowest BCUT2D eigenvalue weighted by molar-refractivity contribution is -0.131. The van der Waals surface area contributed by atoms with Crippen molar-refractivity contribution in [2.45, 2.75) is 25.9 Å². The molecular formula is C13H18N2O2. The Hall–Kier alpha value is -1.71. The number of hydrogen-bond donors (Lipinski definition) is 1. The van der Waals surface area contributed by atoms with E-state index in [4.69, 9.17) is 10.5 Å². The monoisotopic (exact) mass is 234 g/mol. The van der Waals surface area contributed by atoms with Crippen molar-refractivity contribution < 1.29 is 9.53 Å². The maximum absolute atomic E-state index is 11.3. The highest BCUT2D eigenvalue weighted by atomic mass is 16.5. The topological polar surface area (TPSA) is 55.6 Å². The molecule has 4 heteroatoms. The summed E-state index contributed by atoms with van der Waals surface area (Å²) in [6.45, 7) is 3.13. The van der Waals surface area contributed by atoms with Gasteiger partial charge in [-0.05, 0) is 37.1 Å². The Balaban J connectivity index is 1.94. The van der Waals surface area contributed by atoms with E-state index in [1.54, 1.807) is 6.92 Å². The Morgan fingerprint density at radius 2 is 2.12 bits per heavy atom. The molecule has 1 amide bonds. The lowest BCUT2D eigenvalue weighted by atomic mass is 10.1. The molecule has 1 fully saturated rings. The number of nitrogen functional groups attached to an aromatic ring is 1. The van der Waals surface area contributed by atoms with E-state index >= 15 is 0 Å². The molecule has 1 aliphatic heterocycles. The van der Waals surface area contributed by atoms with Crippen molar-refractivity contribution in [3.8, 4) is 5.75 Å². The van der Waals surface area contributed by atoms with Gasteiger partial charge in [0, 0.05) is 19.2 Å². The van der Waals surface area contributed by atoms with E-state index in [1.807, 2.05) is 29.2 Å². The van der Waals surface area contributed by atoms with Crippen LogP contribution in [0.4, 0.5) is 5.69 Å². The summed E-state index contributed by atoms with van der Waals surface area (Å²) in [7, 11) is 0. The largest absolute Gasteiger partial charge is 0.489 e. The van der Waals surface area contributed by atoms with E-state index in [0.717, 1.165) is 30.8 Å². The van der Waals surface area contributed by atoms with Crippen LogP contribution in [0.5, 0.6) is 5.75 Å². The number of nitrogens with two attached hydrogens (primary N) is 1. The molecule has 4 nitrogen and oxygen atoms in total. The number of piperidine rings is 1. The minimum Gasteiger partial charge on any atom is -0.489 e. The van der Waals surface area contributed by atoms with E-state index in [0.29, 0.717) is 6.54 Å². The summed E-state index contributed by atoms with van der Waals surface area (Å²) in [5.41, 5.74) is 6.34. The van der Waals surface area contributed by atoms with Gasteiger partial charge in [-0.2, -0.15) is 0 Å². The van der Waals surface area contributed by atoms with Gasteiger partial charge in [0.05, 0.1) is 6.54 Å². The Labute approximate surface area is 101 Å². The van der Waals surface area contributed by atoms with Crippen LogP contribution >= 0.6 is 0 Å². The van der Waals surface area contributed by atoms with E-state index < -0.39 is 0 Å². The highest BCUT2D eigenvalue weighted by molar-refractivity contribution is 5.73. The number of rotatable bonds is 2. The van der Waals surface area contributed by atoms with Crippen molar-refractivity contribution in [2.24, 2.45) is 0 Å². The van der Waals surface area contributed by atoms with Crippen molar-refractivity contribution in [1.29, 1.82) is 0 Å². The molecule has 1 saturated heterocycles. The van der Waals surface area contributed by atoms with E-state index in [9.17, 15) is 4.79 Å². The smallest absolute Gasteiger partial charge is 0.219 e. The molecule has 0 spiro atoms. The Bertz CT molecular complexity index is 389. The third-order valence-electron chi connectivity index (χ3n) is 3.01. The second kappa shape index (κ2) is 5.08. The third kappa shape index (κ3) is 3.12. The zero-order valence-corrected chi connectivity index (χ0v) is 10.1. The van der Waals surface area contributed by atoms with Crippen LogP contribution in [0.1, 0.15) is 19.8 Å². The highest BCUT2D eigenvalue weighted by Crippen LogP contribution is 2.19. The van der Waals surface area contributed by atoms with Crippen molar-refractivity contribution in [3.05, 3.63) is 24.3 Å².